The zero-order chi connectivity index (χ0) is 32.7. The highest BCUT2D eigenvalue weighted by Gasteiger charge is 2.74. The number of aryl methyl sites for hydroxylation is 1. The average molecular weight is 659 g/mol. The molecule has 3 aromatic carbocycles. The van der Waals surface area contributed by atoms with Gasteiger partial charge in [-0.2, -0.15) is 26.3 Å². The third-order valence-electron chi connectivity index (χ3n) is 8.91. The van der Waals surface area contributed by atoms with Gasteiger partial charge in [0.15, 0.2) is 9.84 Å². The lowest BCUT2D eigenvalue weighted by Crippen LogP contribution is -2.53. The lowest BCUT2D eigenvalue weighted by molar-refractivity contribution is -0.348. The minimum Gasteiger partial charge on any atom is -0.334 e. The number of benzene rings is 3. The van der Waals surface area contributed by atoms with Gasteiger partial charge in [0.05, 0.1) is 17.4 Å². The molecule has 0 saturated carbocycles. The quantitative estimate of drug-likeness (QED) is 0.270. The fourth-order valence-electron chi connectivity index (χ4n) is 6.83. The van der Waals surface area contributed by atoms with Crippen LogP contribution in [0.3, 0.4) is 0 Å². The fourth-order valence-corrected chi connectivity index (χ4v) is 9.19. The van der Waals surface area contributed by atoms with Crippen molar-refractivity contribution in [2.45, 2.75) is 59.4 Å². The number of sulfone groups is 1. The van der Waals surface area contributed by atoms with Crippen LogP contribution in [0.15, 0.2) is 65.6 Å². The van der Waals surface area contributed by atoms with Crippen LogP contribution in [-0.4, -0.2) is 50.1 Å². The van der Waals surface area contributed by atoms with Crippen molar-refractivity contribution in [1.29, 1.82) is 0 Å². The number of rotatable bonds is 4. The van der Waals surface area contributed by atoms with Crippen LogP contribution in [0.4, 0.5) is 40.8 Å². The van der Waals surface area contributed by atoms with Gasteiger partial charge in [-0.25, -0.2) is 17.2 Å². The van der Waals surface area contributed by atoms with Crippen LogP contribution in [0, 0.1) is 5.82 Å². The summed E-state index contributed by atoms with van der Waals surface area (Å²) in [7, 11) is -4.61. The van der Waals surface area contributed by atoms with Gasteiger partial charge in [-0.1, -0.05) is 18.2 Å². The Labute approximate surface area is 250 Å². The van der Waals surface area contributed by atoms with Crippen LogP contribution in [0.25, 0.3) is 0 Å². The zero-order valence-corrected chi connectivity index (χ0v) is 23.7. The maximum Gasteiger partial charge on any atom is 0.435 e. The Bertz CT molecular complexity index is 1830. The van der Waals surface area contributed by atoms with Crippen LogP contribution < -0.4 is 5.32 Å². The maximum absolute atomic E-state index is 15.0. The molecule has 2 aliphatic heterocycles. The van der Waals surface area contributed by atoms with E-state index >= 15 is 4.39 Å². The zero-order valence-electron chi connectivity index (χ0n) is 22.9. The van der Waals surface area contributed by atoms with Gasteiger partial charge in [0.1, 0.15) is 10.6 Å². The Morgan fingerprint density at radius 2 is 1.56 bits per heavy atom. The van der Waals surface area contributed by atoms with E-state index < -0.39 is 55.9 Å². The summed E-state index contributed by atoms with van der Waals surface area (Å²) in [5, 5.41) is 2.63. The minimum atomic E-state index is -6.37. The van der Waals surface area contributed by atoms with Gasteiger partial charge in [0.2, 0.25) is 5.91 Å². The van der Waals surface area contributed by atoms with Crippen molar-refractivity contribution in [1.82, 2.24) is 4.90 Å². The molecule has 45 heavy (non-hydrogen) atoms. The smallest absolute Gasteiger partial charge is 0.334 e. The molecule has 0 bridgehead atoms. The number of carbonyl (C=O) groups is 2. The molecule has 3 aromatic rings. The van der Waals surface area contributed by atoms with Gasteiger partial charge < -0.3 is 10.2 Å². The maximum atomic E-state index is 15.0. The number of carbonyl (C=O) groups excluding carboxylic acids is 2. The van der Waals surface area contributed by atoms with E-state index in [1.807, 2.05) is 0 Å². The van der Waals surface area contributed by atoms with E-state index in [4.69, 9.17) is 0 Å². The first kappa shape index (κ1) is 31.0. The monoisotopic (exact) mass is 658 g/mol. The lowest BCUT2D eigenvalue weighted by atomic mass is 9.76. The predicted octanol–water partition coefficient (Wildman–Crippen LogP) is 6.14. The number of hydrogen-bond acceptors (Lipinski definition) is 4. The topological polar surface area (TPSA) is 83.6 Å². The summed E-state index contributed by atoms with van der Waals surface area (Å²) in [5.41, 5.74) is -6.70. The number of nitrogens with zero attached hydrogens (tertiary/aromatic N) is 1. The molecule has 6 rings (SSSR count). The molecule has 2 amide bonds. The molecule has 0 spiro atoms. The van der Waals surface area contributed by atoms with Crippen molar-refractivity contribution >= 4 is 27.3 Å². The Balaban J connectivity index is 1.50. The van der Waals surface area contributed by atoms with E-state index in [9.17, 15) is 48.7 Å². The van der Waals surface area contributed by atoms with Crippen LogP contribution in [-0.2, 0) is 37.9 Å². The Hall–Kier alpha value is -4.01. The molecule has 6 nitrogen and oxygen atoms in total. The third kappa shape index (κ3) is 4.44. The summed E-state index contributed by atoms with van der Waals surface area (Å²) in [6, 6.07) is 8.46. The summed E-state index contributed by atoms with van der Waals surface area (Å²) in [6.45, 7) is -0.169. The van der Waals surface area contributed by atoms with E-state index in [1.165, 1.54) is 23.1 Å². The number of nitrogens with one attached hydrogen (secondary N) is 1. The van der Waals surface area contributed by atoms with E-state index in [1.54, 1.807) is 0 Å². The van der Waals surface area contributed by atoms with Crippen molar-refractivity contribution in [3.8, 4) is 0 Å². The number of amides is 2. The molecule has 15 heteroatoms. The standard InChI is InChI=1S/C30H22F8N2O4S/c31-20-4-6-21(7-5-20)45(43,44)27-11-12-40(26(42)17-1-9-23-18(13-17)15-25(41)39-23)24(27)10-2-16-14-19(3-8-22(16)27)28(32,29(33,34)35)30(36,37)38/h1,3-9,13-14,24H,2,10-12,15H2,(H,39,41)/t24-,27-/m0/s1. The molecule has 238 valence electrons. The van der Waals surface area contributed by atoms with Crippen molar-refractivity contribution in [3.63, 3.8) is 0 Å². The number of anilines is 1. The number of likely N-dealkylation sites (tertiary alicyclic amines) is 1. The van der Waals surface area contributed by atoms with Crippen molar-refractivity contribution in [3.05, 3.63) is 94.3 Å². The predicted molar refractivity (Wildman–Crippen MR) is 143 cm³/mol. The summed E-state index contributed by atoms with van der Waals surface area (Å²) in [5.74, 6) is -1.64. The Morgan fingerprint density at radius 3 is 2.20 bits per heavy atom. The van der Waals surface area contributed by atoms with E-state index in [-0.39, 0.29) is 65.8 Å². The molecule has 1 saturated heterocycles. The molecular formula is C30H22F8N2O4S. The minimum absolute atomic E-state index is 0.0182. The van der Waals surface area contributed by atoms with Gasteiger partial charge in [0, 0.05) is 23.4 Å². The van der Waals surface area contributed by atoms with Crippen LogP contribution >= 0.6 is 0 Å². The van der Waals surface area contributed by atoms with Gasteiger partial charge >= 0.3 is 18.0 Å². The van der Waals surface area contributed by atoms with E-state index in [0.29, 0.717) is 17.3 Å². The van der Waals surface area contributed by atoms with Gasteiger partial charge in [-0.15, -0.1) is 0 Å². The largest absolute Gasteiger partial charge is 0.435 e. The second-order valence-electron chi connectivity index (χ2n) is 11.3. The fraction of sp³-hybridized carbons (Fsp3) is 0.333. The number of halogens is 8. The summed E-state index contributed by atoms with van der Waals surface area (Å²) in [6.07, 6.45) is -13.5. The van der Waals surface area contributed by atoms with Crippen molar-refractivity contribution in [2.75, 3.05) is 11.9 Å². The first-order valence-electron chi connectivity index (χ1n) is 13.6. The lowest BCUT2D eigenvalue weighted by Gasteiger charge is -2.43. The van der Waals surface area contributed by atoms with Gasteiger partial charge in [-0.3, -0.25) is 9.59 Å². The van der Waals surface area contributed by atoms with Crippen LogP contribution in [0.2, 0.25) is 0 Å². The van der Waals surface area contributed by atoms with Gasteiger partial charge in [-0.05, 0) is 78.4 Å². The second kappa shape index (κ2) is 9.99. The molecule has 0 radical (unpaired) electrons. The van der Waals surface area contributed by atoms with Crippen LogP contribution in [0.1, 0.15) is 45.5 Å². The molecule has 1 N–H and O–H groups in total. The van der Waals surface area contributed by atoms with E-state index in [2.05, 4.69) is 5.32 Å². The molecule has 2 heterocycles. The number of hydrogen-bond donors (Lipinski definition) is 1. The SMILES string of the molecule is O=C1Cc2cc(C(=O)N3CC[C@]4(S(=O)(=O)c5ccc(F)cc5)c5ccc(C(F)(C(F)(F)F)C(F)(F)F)cc5CC[C@H]34)ccc2N1. The Morgan fingerprint density at radius 1 is 0.889 bits per heavy atom. The van der Waals surface area contributed by atoms with Crippen molar-refractivity contribution in [2.24, 2.45) is 0 Å². The normalized spacial score (nSPS) is 21.6. The first-order valence-corrected chi connectivity index (χ1v) is 15.1. The van der Waals surface area contributed by atoms with Crippen molar-refractivity contribution < 1.29 is 53.1 Å². The second-order valence-corrected chi connectivity index (χ2v) is 13.5. The molecular weight excluding hydrogens is 636 g/mol. The van der Waals surface area contributed by atoms with Gasteiger partial charge in [0.25, 0.3) is 5.91 Å². The van der Waals surface area contributed by atoms with Crippen LogP contribution in [0.5, 0.6) is 0 Å². The summed E-state index contributed by atoms with van der Waals surface area (Å²) < 4.78 is 137. The highest BCUT2D eigenvalue weighted by Crippen LogP contribution is 2.57. The summed E-state index contributed by atoms with van der Waals surface area (Å²) >= 11 is 0. The average Bonchev–Trinajstić information content (AvgIpc) is 3.55. The number of fused-ring (bicyclic) bond motifs is 4. The summed E-state index contributed by atoms with van der Waals surface area (Å²) in [4.78, 5) is 26.5. The molecule has 1 fully saturated rings. The first-order chi connectivity index (χ1) is 20.9. The molecule has 2 atom stereocenters. The van der Waals surface area contributed by atoms with E-state index in [0.717, 1.165) is 30.3 Å². The Kier molecular flexibility index (Phi) is 6.88. The molecule has 0 aromatic heterocycles. The molecule has 0 unspecified atom stereocenters. The molecule has 1 aliphatic carbocycles. The number of alkyl halides is 7. The molecule has 3 aliphatic rings. The third-order valence-corrected chi connectivity index (χ3v) is 11.5. The highest BCUT2D eigenvalue weighted by atomic mass is 32.2. The highest BCUT2D eigenvalue weighted by molar-refractivity contribution is 7.92.